The number of thioether (sulfide) groups is 1. The maximum absolute atomic E-state index is 9.32. The number of benzene rings is 1. The molecule has 0 amide bonds. The highest BCUT2D eigenvalue weighted by molar-refractivity contribution is 7.99. The molecule has 4 heteroatoms. The first kappa shape index (κ1) is 13.3. The molecule has 2 unspecified atom stereocenters. The Hall–Kier alpha value is -1.73. The molecule has 2 atom stereocenters. The predicted octanol–water partition coefficient (Wildman–Crippen LogP) is 3.80. The highest BCUT2D eigenvalue weighted by Crippen LogP contribution is 2.31. The topological polar surface area (TPSA) is 48.7 Å². The fourth-order valence-corrected chi connectivity index (χ4v) is 3.59. The van der Waals surface area contributed by atoms with Crippen LogP contribution >= 0.6 is 11.8 Å². The van der Waals surface area contributed by atoms with E-state index < -0.39 is 0 Å². The number of nitrogens with zero attached hydrogens (tertiary/aromatic N) is 2. The molecule has 1 saturated carbocycles. The Balaban J connectivity index is 1.89. The quantitative estimate of drug-likeness (QED) is 0.930. The highest BCUT2D eigenvalue weighted by atomic mass is 32.2. The molecule has 0 spiro atoms. The molecule has 2 aromatic rings. The zero-order chi connectivity index (χ0) is 13.9. The average molecular weight is 283 g/mol. The maximum Gasteiger partial charge on any atom is 0.144 e. The third kappa shape index (κ3) is 2.59. The van der Waals surface area contributed by atoms with Gasteiger partial charge in [0, 0.05) is 16.7 Å². The van der Waals surface area contributed by atoms with Gasteiger partial charge in [-0.2, -0.15) is 17.0 Å². The number of pyridine rings is 1. The van der Waals surface area contributed by atoms with Crippen molar-refractivity contribution in [2.24, 2.45) is 0 Å². The highest BCUT2D eigenvalue weighted by Gasteiger charge is 2.24. The Morgan fingerprint density at radius 3 is 2.95 bits per heavy atom. The number of nitriles is 1. The van der Waals surface area contributed by atoms with Crippen molar-refractivity contribution in [2.45, 2.75) is 30.6 Å². The van der Waals surface area contributed by atoms with Gasteiger partial charge in [-0.15, -0.1) is 0 Å². The molecule has 102 valence electrons. The van der Waals surface area contributed by atoms with Crippen molar-refractivity contribution in [3.8, 4) is 6.07 Å². The SMILES string of the molecule is CSC1CCC(Nc2nc3ccccc3cc2C#N)C1. The van der Waals surface area contributed by atoms with Crippen LogP contribution in [0.15, 0.2) is 30.3 Å². The van der Waals surface area contributed by atoms with E-state index in [2.05, 4.69) is 22.6 Å². The normalized spacial score (nSPS) is 21.8. The number of para-hydroxylation sites is 1. The third-order valence-electron chi connectivity index (χ3n) is 3.90. The maximum atomic E-state index is 9.32. The molecule has 1 aliphatic rings. The van der Waals surface area contributed by atoms with E-state index in [9.17, 15) is 5.26 Å². The minimum Gasteiger partial charge on any atom is -0.366 e. The zero-order valence-electron chi connectivity index (χ0n) is 11.5. The van der Waals surface area contributed by atoms with E-state index in [1.807, 2.05) is 42.1 Å². The summed E-state index contributed by atoms with van der Waals surface area (Å²) in [4.78, 5) is 4.62. The van der Waals surface area contributed by atoms with Crippen LogP contribution in [0.5, 0.6) is 0 Å². The molecular formula is C16H17N3S. The van der Waals surface area contributed by atoms with Crippen LogP contribution in [0.4, 0.5) is 5.82 Å². The van der Waals surface area contributed by atoms with Gasteiger partial charge in [0.1, 0.15) is 11.9 Å². The summed E-state index contributed by atoms with van der Waals surface area (Å²) in [5, 5.41) is 14.5. The summed E-state index contributed by atoms with van der Waals surface area (Å²) in [5.41, 5.74) is 1.57. The number of rotatable bonds is 3. The number of hydrogen-bond acceptors (Lipinski definition) is 4. The van der Waals surface area contributed by atoms with Crippen LogP contribution in [0.3, 0.4) is 0 Å². The number of aromatic nitrogens is 1. The van der Waals surface area contributed by atoms with Gasteiger partial charge in [-0.3, -0.25) is 0 Å². The van der Waals surface area contributed by atoms with E-state index in [4.69, 9.17) is 0 Å². The number of anilines is 1. The van der Waals surface area contributed by atoms with Crippen LogP contribution in [0.25, 0.3) is 10.9 Å². The Labute approximate surface area is 123 Å². The number of fused-ring (bicyclic) bond motifs is 1. The summed E-state index contributed by atoms with van der Waals surface area (Å²) < 4.78 is 0. The van der Waals surface area contributed by atoms with Crippen molar-refractivity contribution < 1.29 is 0 Å². The number of nitrogens with one attached hydrogen (secondary N) is 1. The standard InChI is InChI=1S/C16H17N3S/c1-20-14-7-6-13(9-14)18-16-12(10-17)8-11-4-2-3-5-15(11)19-16/h2-5,8,13-14H,6-7,9H2,1H3,(H,18,19). The molecule has 20 heavy (non-hydrogen) atoms. The van der Waals surface area contributed by atoms with Gasteiger partial charge in [-0.05, 0) is 37.7 Å². The summed E-state index contributed by atoms with van der Waals surface area (Å²) in [6.45, 7) is 0. The van der Waals surface area contributed by atoms with Gasteiger partial charge in [0.2, 0.25) is 0 Å². The first-order chi connectivity index (χ1) is 9.80. The molecule has 0 bridgehead atoms. The van der Waals surface area contributed by atoms with E-state index in [0.717, 1.165) is 34.8 Å². The summed E-state index contributed by atoms with van der Waals surface area (Å²) in [5.74, 6) is 0.734. The van der Waals surface area contributed by atoms with E-state index in [1.165, 1.54) is 6.42 Å². The lowest BCUT2D eigenvalue weighted by Crippen LogP contribution is -2.17. The molecular weight excluding hydrogens is 266 g/mol. The monoisotopic (exact) mass is 283 g/mol. The molecule has 3 nitrogen and oxygen atoms in total. The lowest BCUT2D eigenvalue weighted by molar-refractivity contribution is 0.752. The zero-order valence-corrected chi connectivity index (χ0v) is 12.3. The second kappa shape index (κ2) is 5.72. The van der Waals surface area contributed by atoms with Crippen LogP contribution in [-0.2, 0) is 0 Å². The van der Waals surface area contributed by atoms with E-state index in [1.54, 1.807) is 0 Å². The molecule has 1 aliphatic carbocycles. The Morgan fingerprint density at radius 1 is 1.35 bits per heavy atom. The van der Waals surface area contributed by atoms with E-state index >= 15 is 0 Å². The van der Waals surface area contributed by atoms with Gasteiger partial charge in [-0.25, -0.2) is 4.98 Å². The summed E-state index contributed by atoms with van der Waals surface area (Å²) >= 11 is 1.93. The van der Waals surface area contributed by atoms with E-state index in [0.29, 0.717) is 11.6 Å². The lowest BCUT2D eigenvalue weighted by Gasteiger charge is -2.15. The molecule has 0 aliphatic heterocycles. The van der Waals surface area contributed by atoms with Gasteiger partial charge in [0.05, 0.1) is 11.1 Å². The Morgan fingerprint density at radius 2 is 2.20 bits per heavy atom. The predicted molar refractivity (Wildman–Crippen MR) is 85.0 cm³/mol. The minimum absolute atomic E-state index is 0.438. The largest absolute Gasteiger partial charge is 0.366 e. The van der Waals surface area contributed by atoms with Crippen LogP contribution in [0.1, 0.15) is 24.8 Å². The van der Waals surface area contributed by atoms with E-state index in [-0.39, 0.29) is 0 Å². The molecule has 3 rings (SSSR count). The van der Waals surface area contributed by atoms with Gasteiger partial charge >= 0.3 is 0 Å². The van der Waals surface area contributed by atoms with Gasteiger partial charge < -0.3 is 5.32 Å². The van der Waals surface area contributed by atoms with Crippen LogP contribution in [-0.4, -0.2) is 22.5 Å². The fourth-order valence-electron chi connectivity index (χ4n) is 2.79. The summed E-state index contributed by atoms with van der Waals surface area (Å²) in [6, 6.07) is 12.5. The van der Waals surface area contributed by atoms with Crippen LogP contribution < -0.4 is 5.32 Å². The second-order valence-electron chi connectivity index (χ2n) is 5.20. The second-order valence-corrected chi connectivity index (χ2v) is 6.34. The minimum atomic E-state index is 0.438. The molecule has 1 aromatic heterocycles. The molecule has 1 aromatic carbocycles. The lowest BCUT2D eigenvalue weighted by atomic mass is 10.1. The summed E-state index contributed by atoms with van der Waals surface area (Å²) in [7, 11) is 0. The molecule has 1 heterocycles. The molecule has 1 fully saturated rings. The first-order valence-electron chi connectivity index (χ1n) is 6.89. The average Bonchev–Trinajstić information content (AvgIpc) is 2.94. The number of hydrogen-bond donors (Lipinski definition) is 1. The smallest absolute Gasteiger partial charge is 0.144 e. The Bertz CT molecular complexity index is 662. The first-order valence-corrected chi connectivity index (χ1v) is 8.18. The fraction of sp³-hybridized carbons (Fsp3) is 0.375. The Kier molecular flexibility index (Phi) is 3.79. The van der Waals surface area contributed by atoms with Crippen molar-refractivity contribution in [1.82, 2.24) is 4.98 Å². The molecule has 1 N–H and O–H groups in total. The van der Waals surface area contributed by atoms with Crippen LogP contribution in [0.2, 0.25) is 0 Å². The van der Waals surface area contributed by atoms with Gasteiger partial charge in [0.25, 0.3) is 0 Å². The molecule has 0 saturated heterocycles. The third-order valence-corrected chi connectivity index (χ3v) is 5.00. The van der Waals surface area contributed by atoms with Crippen LogP contribution in [0, 0.1) is 11.3 Å². The van der Waals surface area contributed by atoms with Gasteiger partial charge in [-0.1, -0.05) is 18.2 Å². The van der Waals surface area contributed by atoms with Crippen molar-refractivity contribution in [1.29, 1.82) is 5.26 Å². The van der Waals surface area contributed by atoms with Crippen molar-refractivity contribution in [2.75, 3.05) is 11.6 Å². The van der Waals surface area contributed by atoms with Crippen molar-refractivity contribution >= 4 is 28.5 Å². The summed E-state index contributed by atoms with van der Waals surface area (Å²) in [6.07, 6.45) is 5.72. The van der Waals surface area contributed by atoms with Crippen molar-refractivity contribution in [3.05, 3.63) is 35.9 Å². The van der Waals surface area contributed by atoms with Crippen molar-refractivity contribution in [3.63, 3.8) is 0 Å². The molecule has 0 radical (unpaired) electrons. The van der Waals surface area contributed by atoms with Gasteiger partial charge in [0.15, 0.2) is 0 Å².